The normalized spacial score (nSPS) is 14.6. The Hall–Kier alpha value is -0.880. The zero-order valence-corrected chi connectivity index (χ0v) is 11.4. The average molecular weight is 290 g/mol. The van der Waals surface area contributed by atoms with Crippen LogP contribution in [0.4, 0.5) is 0 Å². The molecule has 0 aliphatic heterocycles. The topological polar surface area (TPSA) is 70.1 Å². The third kappa shape index (κ3) is 2.27. The molecule has 0 amide bonds. The summed E-state index contributed by atoms with van der Waals surface area (Å²) in [6.07, 6.45) is 0. The highest BCUT2D eigenvalue weighted by Crippen LogP contribution is 2.23. The van der Waals surface area contributed by atoms with Gasteiger partial charge in [-0.05, 0) is 36.7 Å². The van der Waals surface area contributed by atoms with Gasteiger partial charge < -0.3 is 10.5 Å². The number of methoxy groups -OCH3 is 1. The number of esters is 1. The second-order valence-electron chi connectivity index (χ2n) is 3.72. The van der Waals surface area contributed by atoms with Crippen molar-refractivity contribution in [2.24, 2.45) is 5.73 Å². The summed E-state index contributed by atoms with van der Waals surface area (Å²) in [4.78, 5) is 11.3. The summed E-state index contributed by atoms with van der Waals surface area (Å²) in [5, 5.41) is 4.33. The van der Waals surface area contributed by atoms with Gasteiger partial charge in [-0.2, -0.15) is 5.10 Å². The molecule has 1 aromatic heterocycles. The molecule has 0 aromatic carbocycles. The molecule has 16 heavy (non-hydrogen) atoms. The van der Waals surface area contributed by atoms with E-state index in [1.807, 2.05) is 20.8 Å². The monoisotopic (exact) mass is 289 g/mol. The van der Waals surface area contributed by atoms with Crippen molar-refractivity contribution in [2.75, 3.05) is 7.11 Å². The van der Waals surface area contributed by atoms with Gasteiger partial charge in [0.25, 0.3) is 0 Å². The van der Waals surface area contributed by atoms with E-state index in [1.165, 1.54) is 7.11 Å². The summed E-state index contributed by atoms with van der Waals surface area (Å²) in [6.45, 7) is 5.65. The maximum atomic E-state index is 11.3. The van der Waals surface area contributed by atoms with Crippen molar-refractivity contribution in [3.8, 4) is 0 Å². The smallest absolute Gasteiger partial charge is 0.324 e. The molecule has 2 unspecified atom stereocenters. The molecule has 0 aliphatic carbocycles. The maximum Gasteiger partial charge on any atom is 0.324 e. The van der Waals surface area contributed by atoms with Crippen molar-refractivity contribution < 1.29 is 9.53 Å². The minimum absolute atomic E-state index is 0.238. The van der Waals surface area contributed by atoms with E-state index in [0.717, 1.165) is 15.9 Å². The van der Waals surface area contributed by atoms with Gasteiger partial charge in [0, 0.05) is 0 Å². The molecule has 1 heterocycles. The molecular weight excluding hydrogens is 274 g/mol. The fourth-order valence-electron chi connectivity index (χ4n) is 1.52. The van der Waals surface area contributed by atoms with Crippen LogP contribution in [0.1, 0.15) is 24.4 Å². The van der Waals surface area contributed by atoms with E-state index in [4.69, 9.17) is 5.73 Å². The first-order valence-electron chi connectivity index (χ1n) is 4.94. The van der Waals surface area contributed by atoms with E-state index < -0.39 is 12.0 Å². The Morgan fingerprint density at radius 3 is 2.50 bits per heavy atom. The second kappa shape index (κ2) is 4.97. The first kappa shape index (κ1) is 13.2. The summed E-state index contributed by atoms with van der Waals surface area (Å²) in [5.41, 5.74) is 7.61. The highest BCUT2D eigenvalue weighted by Gasteiger charge is 2.25. The van der Waals surface area contributed by atoms with Crippen LogP contribution in [-0.4, -0.2) is 28.9 Å². The van der Waals surface area contributed by atoms with Crippen molar-refractivity contribution >= 4 is 21.9 Å². The molecule has 0 saturated heterocycles. The number of ether oxygens (including phenoxy) is 1. The molecule has 2 N–H and O–H groups in total. The predicted octanol–water partition coefficient (Wildman–Crippen LogP) is 1.32. The number of carbonyl (C=O) groups is 1. The van der Waals surface area contributed by atoms with Crippen molar-refractivity contribution in [3.63, 3.8) is 0 Å². The summed E-state index contributed by atoms with van der Waals surface area (Å²) >= 11 is 3.43. The zero-order chi connectivity index (χ0) is 12.5. The first-order chi connectivity index (χ1) is 7.40. The number of carbonyl (C=O) groups excluding carboxylic acids is 1. The Labute approximate surface area is 103 Å². The molecule has 0 aliphatic rings. The van der Waals surface area contributed by atoms with Crippen LogP contribution < -0.4 is 5.73 Å². The molecule has 90 valence electrons. The van der Waals surface area contributed by atoms with Gasteiger partial charge in [0.05, 0.1) is 29.0 Å². The van der Waals surface area contributed by atoms with Gasteiger partial charge in [-0.1, -0.05) is 0 Å². The lowest BCUT2D eigenvalue weighted by Crippen LogP contribution is -2.39. The van der Waals surface area contributed by atoms with Gasteiger partial charge in [0.15, 0.2) is 0 Å². The highest BCUT2D eigenvalue weighted by molar-refractivity contribution is 9.10. The van der Waals surface area contributed by atoms with Gasteiger partial charge in [0.1, 0.15) is 6.04 Å². The van der Waals surface area contributed by atoms with Crippen molar-refractivity contribution in [3.05, 3.63) is 15.9 Å². The number of rotatable bonds is 3. The van der Waals surface area contributed by atoms with Crippen LogP contribution in [0.5, 0.6) is 0 Å². The first-order valence-corrected chi connectivity index (χ1v) is 5.74. The molecule has 0 bridgehead atoms. The minimum atomic E-state index is -0.713. The van der Waals surface area contributed by atoms with Gasteiger partial charge in [-0.15, -0.1) is 0 Å². The number of hydrogen-bond donors (Lipinski definition) is 1. The lowest BCUT2D eigenvalue weighted by molar-refractivity contribution is -0.143. The number of hydrogen-bond acceptors (Lipinski definition) is 4. The molecule has 5 nitrogen and oxygen atoms in total. The number of aryl methyl sites for hydroxylation is 1. The zero-order valence-electron chi connectivity index (χ0n) is 9.82. The van der Waals surface area contributed by atoms with E-state index in [9.17, 15) is 4.79 Å². The summed E-state index contributed by atoms with van der Waals surface area (Å²) < 4.78 is 7.29. The van der Waals surface area contributed by atoms with Crippen molar-refractivity contribution in [1.82, 2.24) is 9.78 Å². The molecule has 0 saturated carbocycles. The fourth-order valence-corrected chi connectivity index (χ4v) is 1.79. The SMILES string of the molecule is COC(=O)C(N)C(C)n1nc(C)c(Br)c1C. The Morgan fingerprint density at radius 1 is 1.56 bits per heavy atom. The van der Waals surface area contributed by atoms with Gasteiger partial charge in [-0.3, -0.25) is 9.48 Å². The van der Waals surface area contributed by atoms with Gasteiger partial charge in [0.2, 0.25) is 0 Å². The van der Waals surface area contributed by atoms with E-state index in [0.29, 0.717) is 0 Å². The molecule has 0 fully saturated rings. The summed E-state index contributed by atoms with van der Waals surface area (Å²) in [6, 6.07) is -0.952. The summed E-state index contributed by atoms with van der Waals surface area (Å²) in [5.74, 6) is -0.434. The predicted molar refractivity (Wildman–Crippen MR) is 64.1 cm³/mol. The lowest BCUT2D eigenvalue weighted by atomic mass is 10.1. The van der Waals surface area contributed by atoms with E-state index in [1.54, 1.807) is 4.68 Å². The number of halogens is 1. The van der Waals surface area contributed by atoms with Crippen LogP contribution in [-0.2, 0) is 9.53 Å². The average Bonchev–Trinajstić information content (AvgIpc) is 2.54. The fraction of sp³-hybridized carbons (Fsp3) is 0.600. The number of nitrogens with two attached hydrogens (primary N) is 1. The third-order valence-electron chi connectivity index (χ3n) is 2.62. The highest BCUT2D eigenvalue weighted by atomic mass is 79.9. The molecule has 6 heteroatoms. The Kier molecular flexibility index (Phi) is 4.09. The summed E-state index contributed by atoms with van der Waals surface area (Å²) in [7, 11) is 1.33. The van der Waals surface area contributed by atoms with Crippen LogP contribution >= 0.6 is 15.9 Å². The third-order valence-corrected chi connectivity index (χ3v) is 3.76. The second-order valence-corrected chi connectivity index (χ2v) is 4.51. The van der Waals surface area contributed by atoms with Crippen LogP contribution in [0.15, 0.2) is 4.47 Å². The molecular formula is C10H16BrN3O2. The van der Waals surface area contributed by atoms with E-state index in [-0.39, 0.29) is 6.04 Å². The molecule has 1 aromatic rings. The Morgan fingerprint density at radius 2 is 2.12 bits per heavy atom. The molecule has 0 spiro atoms. The Balaban J connectivity index is 3.00. The van der Waals surface area contributed by atoms with Gasteiger partial charge >= 0.3 is 5.97 Å². The lowest BCUT2D eigenvalue weighted by Gasteiger charge is -2.19. The largest absolute Gasteiger partial charge is 0.468 e. The molecule has 0 radical (unpaired) electrons. The van der Waals surface area contributed by atoms with Crippen LogP contribution in [0.2, 0.25) is 0 Å². The van der Waals surface area contributed by atoms with E-state index >= 15 is 0 Å². The Bertz CT molecular complexity index is 403. The maximum absolute atomic E-state index is 11.3. The standard InChI is InChI=1S/C10H16BrN3O2/c1-5-8(11)6(2)14(13-5)7(3)9(12)10(15)16-4/h7,9H,12H2,1-4H3. The van der Waals surface area contributed by atoms with Gasteiger partial charge in [-0.25, -0.2) is 0 Å². The van der Waals surface area contributed by atoms with E-state index in [2.05, 4.69) is 25.8 Å². The van der Waals surface area contributed by atoms with Crippen molar-refractivity contribution in [2.45, 2.75) is 32.9 Å². The quantitative estimate of drug-likeness (QED) is 0.852. The minimum Gasteiger partial charge on any atom is -0.468 e. The van der Waals surface area contributed by atoms with Crippen LogP contribution in [0.25, 0.3) is 0 Å². The van der Waals surface area contributed by atoms with Crippen molar-refractivity contribution in [1.29, 1.82) is 0 Å². The number of nitrogens with zero attached hydrogens (tertiary/aromatic N) is 2. The number of aromatic nitrogens is 2. The molecule has 1 rings (SSSR count). The van der Waals surface area contributed by atoms with Crippen LogP contribution in [0, 0.1) is 13.8 Å². The molecule has 2 atom stereocenters. The van der Waals surface area contributed by atoms with Crippen LogP contribution in [0.3, 0.4) is 0 Å².